The van der Waals surface area contributed by atoms with E-state index in [1.54, 1.807) is 0 Å². The second kappa shape index (κ2) is 11.2. The molecule has 3 aromatic carbocycles. The van der Waals surface area contributed by atoms with Crippen LogP contribution in [0.1, 0.15) is 50.9 Å². The SMILES string of the molecule is O=C(c1cc(C(F)(F)F)cc(C(F)(F)F)c1)N1CC[C@@H](c2cccc(N3CCOCC3)c2)[C@@H](c2ccccc2)C1. The number of morpholine rings is 1. The van der Waals surface area contributed by atoms with Crippen molar-refractivity contribution in [1.29, 1.82) is 0 Å². The topological polar surface area (TPSA) is 32.8 Å². The van der Waals surface area contributed by atoms with E-state index < -0.39 is 35.0 Å². The van der Waals surface area contributed by atoms with Gasteiger partial charge in [0.2, 0.25) is 0 Å². The summed E-state index contributed by atoms with van der Waals surface area (Å²) in [6.45, 7) is 3.19. The van der Waals surface area contributed by atoms with Crippen LogP contribution < -0.4 is 4.90 Å². The second-order valence-corrected chi connectivity index (χ2v) is 10.2. The van der Waals surface area contributed by atoms with Crippen LogP contribution in [0.2, 0.25) is 0 Å². The van der Waals surface area contributed by atoms with Gasteiger partial charge in [0, 0.05) is 43.3 Å². The first-order valence-corrected chi connectivity index (χ1v) is 13.1. The van der Waals surface area contributed by atoms with Gasteiger partial charge in [-0.15, -0.1) is 0 Å². The van der Waals surface area contributed by atoms with E-state index in [9.17, 15) is 31.1 Å². The Bertz CT molecular complexity index is 1300. The van der Waals surface area contributed by atoms with Crippen molar-refractivity contribution in [1.82, 2.24) is 4.90 Å². The van der Waals surface area contributed by atoms with Crippen LogP contribution >= 0.6 is 0 Å². The first-order valence-electron chi connectivity index (χ1n) is 13.1. The number of anilines is 1. The van der Waals surface area contributed by atoms with Crippen LogP contribution in [0.25, 0.3) is 0 Å². The van der Waals surface area contributed by atoms with Gasteiger partial charge in [0.25, 0.3) is 5.91 Å². The van der Waals surface area contributed by atoms with E-state index in [4.69, 9.17) is 4.74 Å². The minimum atomic E-state index is -5.03. The molecular formula is C30H28F6N2O2. The molecule has 0 saturated carbocycles. The summed E-state index contributed by atoms with van der Waals surface area (Å²) in [6, 6.07) is 18.7. The van der Waals surface area contributed by atoms with Gasteiger partial charge in [-0.05, 0) is 53.8 Å². The number of alkyl halides is 6. The molecule has 4 nitrogen and oxygen atoms in total. The largest absolute Gasteiger partial charge is 0.416 e. The second-order valence-electron chi connectivity index (χ2n) is 10.2. The molecule has 40 heavy (non-hydrogen) atoms. The fourth-order valence-corrected chi connectivity index (χ4v) is 5.61. The summed E-state index contributed by atoms with van der Waals surface area (Å²) < 4.78 is 86.0. The maximum Gasteiger partial charge on any atom is 0.416 e. The Morgan fingerprint density at radius 1 is 0.725 bits per heavy atom. The molecule has 0 bridgehead atoms. The molecule has 2 saturated heterocycles. The minimum Gasteiger partial charge on any atom is -0.378 e. The number of rotatable bonds is 4. The Balaban J connectivity index is 1.46. The average Bonchev–Trinajstić information content (AvgIpc) is 2.96. The summed E-state index contributed by atoms with van der Waals surface area (Å²) >= 11 is 0. The highest BCUT2D eigenvalue weighted by Gasteiger charge is 2.39. The van der Waals surface area contributed by atoms with Crippen molar-refractivity contribution < 1.29 is 35.9 Å². The number of nitrogens with zero attached hydrogens (tertiary/aromatic N) is 2. The van der Waals surface area contributed by atoms with Gasteiger partial charge >= 0.3 is 12.4 Å². The van der Waals surface area contributed by atoms with Crippen LogP contribution in [-0.4, -0.2) is 50.2 Å². The molecule has 0 unspecified atom stereocenters. The molecule has 2 fully saturated rings. The third-order valence-corrected chi connectivity index (χ3v) is 7.64. The standard InChI is InChI=1S/C30H28F6N2O2/c31-29(32,33)23-15-22(16-24(18-23)30(34,35)36)28(39)38-10-9-26(27(19-38)20-5-2-1-3-6-20)21-7-4-8-25(17-21)37-11-13-40-14-12-37/h1-8,15-18,26-27H,9-14,19H2/t26-,27+/m0/s1. The summed E-state index contributed by atoms with van der Waals surface area (Å²) in [5.74, 6) is -1.05. The fraction of sp³-hybridized carbons (Fsp3) is 0.367. The summed E-state index contributed by atoms with van der Waals surface area (Å²) in [7, 11) is 0. The lowest BCUT2D eigenvalue weighted by Crippen LogP contribution is -2.42. The van der Waals surface area contributed by atoms with Gasteiger partial charge < -0.3 is 14.5 Å². The minimum absolute atomic E-state index is 0.000291. The predicted octanol–water partition coefficient (Wildman–Crippen LogP) is 6.97. The van der Waals surface area contributed by atoms with Crippen molar-refractivity contribution in [3.05, 3.63) is 101 Å². The highest BCUT2D eigenvalue weighted by Crippen LogP contribution is 2.42. The Morgan fingerprint density at radius 3 is 1.98 bits per heavy atom. The lowest BCUT2D eigenvalue weighted by Gasteiger charge is -2.40. The van der Waals surface area contributed by atoms with E-state index >= 15 is 0 Å². The number of amides is 1. The zero-order valence-electron chi connectivity index (χ0n) is 21.5. The van der Waals surface area contributed by atoms with Crippen molar-refractivity contribution in [2.24, 2.45) is 0 Å². The molecule has 3 aromatic rings. The number of benzene rings is 3. The zero-order chi connectivity index (χ0) is 28.5. The maximum atomic E-state index is 13.4. The van der Waals surface area contributed by atoms with E-state index in [1.807, 2.05) is 48.5 Å². The Hall–Kier alpha value is -3.53. The van der Waals surface area contributed by atoms with Gasteiger partial charge in [-0.25, -0.2) is 0 Å². The monoisotopic (exact) mass is 562 g/mol. The summed E-state index contributed by atoms with van der Waals surface area (Å²) in [6.07, 6.45) is -9.55. The van der Waals surface area contributed by atoms with Crippen LogP contribution in [-0.2, 0) is 17.1 Å². The van der Waals surface area contributed by atoms with E-state index in [0.29, 0.717) is 31.8 Å². The molecule has 0 aromatic heterocycles. The molecule has 0 aliphatic carbocycles. The number of likely N-dealkylation sites (tertiary alicyclic amines) is 1. The van der Waals surface area contributed by atoms with Crippen molar-refractivity contribution in [3.8, 4) is 0 Å². The molecule has 2 aliphatic rings. The van der Waals surface area contributed by atoms with Crippen molar-refractivity contribution in [3.63, 3.8) is 0 Å². The fourth-order valence-electron chi connectivity index (χ4n) is 5.61. The van der Waals surface area contributed by atoms with Crippen LogP contribution in [0.3, 0.4) is 0 Å². The molecular weight excluding hydrogens is 534 g/mol. The first kappa shape index (κ1) is 28.0. The van der Waals surface area contributed by atoms with E-state index in [2.05, 4.69) is 11.0 Å². The van der Waals surface area contributed by atoms with Gasteiger partial charge in [0.05, 0.1) is 24.3 Å². The lowest BCUT2D eigenvalue weighted by molar-refractivity contribution is -0.143. The average molecular weight is 563 g/mol. The first-order chi connectivity index (χ1) is 19.0. The zero-order valence-corrected chi connectivity index (χ0v) is 21.5. The molecule has 2 atom stereocenters. The van der Waals surface area contributed by atoms with Gasteiger partial charge in [0.15, 0.2) is 0 Å². The van der Waals surface area contributed by atoms with Gasteiger partial charge in [-0.1, -0.05) is 42.5 Å². The summed E-state index contributed by atoms with van der Waals surface area (Å²) in [5, 5.41) is 0. The van der Waals surface area contributed by atoms with Crippen molar-refractivity contribution in [2.75, 3.05) is 44.3 Å². The summed E-state index contributed by atoms with van der Waals surface area (Å²) in [4.78, 5) is 17.0. The third-order valence-electron chi connectivity index (χ3n) is 7.64. The molecule has 0 spiro atoms. The number of halogens is 6. The third kappa shape index (κ3) is 6.11. The number of carbonyl (C=O) groups excluding carboxylic acids is 1. The van der Waals surface area contributed by atoms with E-state index in [0.717, 1.165) is 29.9 Å². The van der Waals surface area contributed by atoms with Crippen molar-refractivity contribution >= 4 is 11.6 Å². The predicted molar refractivity (Wildman–Crippen MR) is 138 cm³/mol. The molecule has 10 heteroatoms. The van der Waals surface area contributed by atoms with Crippen molar-refractivity contribution in [2.45, 2.75) is 30.6 Å². The molecule has 0 N–H and O–H groups in total. The lowest BCUT2D eigenvalue weighted by atomic mass is 9.76. The van der Waals surface area contributed by atoms with Gasteiger partial charge in [-0.3, -0.25) is 4.79 Å². The van der Waals surface area contributed by atoms with Gasteiger partial charge in [0.1, 0.15) is 0 Å². The van der Waals surface area contributed by atoms with E-state index in [-0.39, 0.29) is 31.0 Å². The van der Waals surface area contributed by atoms with Crippen LogP contribution in [0.15, 0.2) is 72.8 Å². The number of hydrogen-bond donors (Lipinski definition) is 0. The highest BCUT2D eigenvalue weighted by molar-refractivity contribution is 5.95. The van der Waals surface area contributed by atoms with Crippen LogP contribution in [0.4, 0.5) is 32.0 Å². The highest BCUT2D eigenvalue weighted by atomic mass is 19.4. The number of hydrogen-bond acceptors (Lipinski definition) is 3. The Labute approximate surface area is 228 Å². The van der Waals surface area contributed by atoms with Crippen LogP contribution in [0.5, 0.6) is 0 Å². The molecule has 2 aliphatic heterocycles. The molecule has 0 radical (unpaired) electrons. The quantitative estimate of drug-likeness (QED) is 0.322. The molecule has 212 valence electrons. The number of carbonyl (C=O) groups is 1. The van der Waals surface area contributed by atoms with Gasteiger partial charge in [-0.2, -0.15) is 26.3 Å². The smallest absolute Gasteiger partial charge is 0.378 e. The molecule has 5 rings (SSSR count). The normalized spacial score (nSPS) is 20.4. The molecule has 1 amide bonds. The molecule has 2 heterocycles. The number of piperidine rings is 1. The number of ether oxygens (including phenoxy) is 1. The Morgan fingerprint density at radius 2 is 1.35 bits per heavy atom. The van der Waals surface area contributed by atoms with E-state index in [1.165, 1.54) is 4.90 Å². The Kier molecular flexibility index (Phi) is 7.81. The van der Waals surface area contributed by atoms with Crippen LogP contribution in [0, 0.1) is 0 Å². The summed E-state index contributed by atoms with van der Waals surface area (Å²) in [5.41, 5.74) is -0.540. The maximum absolute atomic E-state index is 13.4.